The molecule has 1 fully saturated rings. The summed E-state index contributed by atoms with van der Waals surface area (Å²) >= 11 is 6.32. The van der Waals surface area contributed by atoms with Gasteiger partial charge in [0.1, 0.15) is 22.9 Å². The van der Waals surface area contributed by atoms with Gasteiger partial charge < -0.3 is 9.47 Å². The van der Waals surface area contributed by atoms with E-state index in [2.05, 4.69) is 17.1 Å². The first-order valence-electron chi connectivity index (χ1n) is 14.6. The second-order valence-corrected chi connectivity index (χ2v) is 11.6. The van der Waals surface area contributed by atoms with E-state index in [0.717, 1.165) is 44.8 Å². The molecule has 1 unspecified atom stereocenters. The number of aromatic nitrogens is 3. The molecule has 8 nitrogen and oxygen atoms in total. The molecule has 1 saturated heterocycles. The van der Waals surface area contributed by atoms with Crippen LogP contribution in [0.1, 0.15) is 23.2 Å². The largest absolute Gasteiger partial charge is 0.497 e. The number of methoxy groups -OCH3 is 2. The minimum atomic E-state index is -0.786. The first kappa shape index (κ1) is 27.7. The van der Waals surface area contributed by atoms with Crippen molar-refractivity contribution >= 4 is 34.2 Å². The van der Waals surface area contributed by atoms with Crippen molar-refractivity contribution in [2.75, 3.05) is 19.1 Å². The standard InChI is InChI=1S/C37H24ClN5O3/c1-45-25-14-9-21(10-15-25)27-18-31(42-36(46-2)28(27)20-39)22-7-12-24(13-8-22)43-33(44)19-37(43)29-6-4-3-5-26(29)34-35(37)41-32-17-23(38)11-16-30(32)40-34/h3-18H,19H2,1-2H3. The lowest BCUT2D eigenvalue weighted by atomic mass is 9.77. The fourth-order valence-electron chi connectivity index (χ4n) is 6.65. The highest BCUT2D eigenvalue weighted by atomic mass is 35.5. The topological polar surface area (TPSA) is 101 Å². The fourth-order valence-corrected chi connectivity index (χ4v) is 6.82. The molecule has 1 spiro atoms. The van der Waals surface area contributed by atoms with Crippen LogP contribution in [0.25, 0.3) is 44.7 Å². The predicted molar refractivity (Wildman–Crippen MR) is 176 cm³/mol. The van der Waals surface area contributed by atoms with E-state index in [-0.39, 0.29) is 18.2 Å². The maximum atomic E-state index is 13.5. The number of carbonyl (C=O) groups is 1. The average Bonchev–Trinajstić information content (AvgIpc) is 3.37. The Kier molecular flexibility index (Phi) is 6.27. The van der Waals surface area contributed by atoms with Gasteiger partial charge in [0.05, 0.1) is 48.8 Å². The van der Waals surface area contributed by atoms with Gasteiger partial charge in [0, 0.05) is 27.4 Å². The number of hydrogen-bond acceptors (Lipinski definition) is 7. The molecule has 1 aliphatic heterocycles. The van der Waals surface area contributed by atoms with Crippen molar-refractivity contribution < 1.29 is 14.3 Å². The van der Waals surface area contributed by atoms with Crippen molar-refractivity contribution in [3.05, 3.63) is 119 Å². The summed E-state index contributed by atoms with van der Waals surface area (Å²) in [6.07, 6.45) is 0.277. The quantitative estimate of drug-likeness (QED) is 0.183. The summed E-state index contributed by atoms with van der Waals surface area (Å²) in [5, 5.41) is 10.5. The van der Waals surface area contributed by atoms with E-state index in [1.165, 1.54) is 7.11 Å². The molecular formula is C37H24ClN5O3. The zero-order chi connectivity index (χ0) is 31.6. The molecule has 9 heteroatoms. The number of amides is 1. The molecule has 8 rings (SSSR count). The van der Waals surface area contributed by atoms with Gasteiger partial charge in [0.25, 0.3) is 0 Å². The van der Waals surface area contributed by atoms with Gasteiger partial charge in [-0.15, -0.1) is 0 Å². The smallest absolute Gasteiger partial charge is 0.232 e. The number of nitrogens with zero attached hydrogens (tertiary/aromatic N) is 5. The number of fused-ring (bicyclic) bond motifs is 6. The molecule has 4 aromatic carbocycles. The molecule has 0 saturated carbocycles. The van der Waals surface area contributed by atoms with E-state index in [0.29, 0.717) is 33.1 Å². The van der Waals surface area contributed by atoms with Crippen molar-refractivity contribution in [2.45, 2.75) is 12.0 Å². The molecule has 222 valence electrons. The van der Waals surface area contributed by atoms with Crippen molar-refractivity contribution in [3.8, 4) is 51.3 Å². The normalized spacial score (nSPS) is 16.1. The van der Waals surface area contributed by atoms with Gasteiger partial charge in [0.15, 0.2) is 0 Å². The van der Waals surface area contributed by atoms with Gasteiger partial charge in [0.2, 0.25) is 11.8 Å². The first-order chi connectivity index (χ1) is 22.4. The summed E-state index contributed by atoms with van der Waals surface area (Å²) in [7, 11) is 3.11. The minimum absolute atomic E-state index is 0.0108. The van der Waals surface area contributed by atoms with Crippen LogP contribution in [0.4, 0.5) is 5.69 Å². The maximum absolute atomic E-state index is 13.5. The summed E-state index contributed by atoms with van der Waals surface area (Å²) in [6, 6.07) is 32.8. The molecule has 3 heterocycles. The maximum Gasteiger partial charge on any atom is 0.232 e. The predicted octanol–water partition coefficient (Wildman–Crippen LogP) is 7.56. The molecular weight excluding hydrogens is 598 g/mol. The number of β-lactam (4-membered cyclic amide) rings is 1. The molecule has 46 heavy (non-hydrogen) atoms. The third-order valence-electron chi connectivity index (χ3n) is 8.80. The molecule has 0 N–H and O–H groups in total. The Labute approximate surface area is 269 Å². The lowest BCUT2D eigenvalue weighted by Crippen LogP contribution is -2.61. The van der Waals surface area contributed by atoms with Crippen LogP contribution in [0.15, 0.2) is 97.1 Å². The van der Waals surface area contributed by atoms with Crippen LogP contribution in [-0.2, 0) is 10.3 Å². The highest BCUT2D eigenvalue weighted by molar-refractivity contribution is 6.31. The van der Waals surface area contributed by atoms with E-state index >= 15 is 0 Å². The fraction of sp³-hybridized carbons (Fsp3) is 0.108. The van der Waals surface area contributed by atoms with Crippen LogP contribution in [0.2, 0.25) is 5.02 Å². The number of pyridine rings is 1. The van der Waals surface area contributed by atoms with E-state index < -0.39 is 5.54 Å². The van der Waals surface area contributed by atoms with Crippen LogP contribution >= 0.6 is 11.6 Å². The zero-order valence-corrected chi connectivity index (χ0v) is 25.5. The summed E-state index contributed by atoms with van der Waals surface area (Å²) < 4.78 is 10.8. The minimum Gasteiger partial charge on any atom is -0.497 e. The second kappa shape index (κ2) is 10.4. The van der Waals surface area contributed by atoms with Crippen molar-refractivity contribution in [3.63, 3.8) is 0 Å². The number of ether oxygens (including phenoxy) is 2. The number of rotatable bonds is 5. The Hall–Kier alpha value is -5.78. The number of carbonyl (C=O) groups excluding carboxylic acids is 1. The van der Waals surface area contributed by atoms with Gasteiger partial charge in [-0.3, -0.25) is 9.69 Å². The Morgan fingerprint density at radius 3 is 2.30 bits per heavy atom. The number of anilines is 1. The molecule has 6 aromatic rings. The van der Waals surface area contributed by atoms with Crippen molar-refractivity contribution in [1.82, 2.24) is 15.0 Å². The van der Waals surface area contributed by atoms with Gasteiger partial charge in [-0.2, -0.15) is 5.26 Å². The summed E-state index contributed by atoms with van der Waals surface area (Å²) in [5.74, 6) is 0.938. The van der Waals surface area contributed by atoms with Gasteiger partial charge in [-0.1, -0.05) is 60.1 Å². The third-order valence-corrected chi connectivity index (χ3v) is 9.03. The van der Waals surface area contributed by atoms with Crippen LogP contribution in [-0.4, -0.2) is 35.1 Å². The van der Waals surface area contributed by atoms with Crippen LogP contribution < -0.4 is 14.4 Å². The van der Waals surface area contributed by atoms with Crippen molar-refractivity contribution in [2.24, 2.45) is 0 Å². The monoisotopic (exact) mass is 621 g/mol. The Morgan fingerprint density at radius 1 is 0.826 bits per heavy atom. The molecule has 2 aromatic heterocycles. The average molecular weight is 622 g/mol. The van der Waals surface area contributed by atoms with Gasteiger partial charge >= 0.3 is 0 Å². The summed E-state index contributed by atoms with van der Waals surface area (Å²) in [6.45, 7) is 0. The Balaban J connectivity index is 1.22. The highest BCUT2D eigenvalue weighted by Crippen LogP contribution is 2.57. The van der Waals surface area contributed by atoms with E-state index in [1.54, 1.807) is 19.2 Å². The summed E-state index contributed by atoms with van der Waals surface area (Å²) in [4.78, 5) is 30.0. The molecule has 2 aliphatic rings. The first-order valence-corrected chi connectivity index (χ1v) is 15.0. The molecule has 1 amide bonds. The lowest BCUT2D eigenvalue weighted by Gasteiger charge is -2.50. The lowest BCUT2D eigenvalue weighted by molar-refractivity contribution is -0.126. The van der Waals surface area contributed by atoms with Gasteiger partial charge in [-0.25, -0.2) is 15.0 Å². The molecule has 0 bridgehead atoms. The van der Waals surface area contributed by atoms with E-state index in [1.807, 2.05) is 83.8 Å². The zero-order valence-electron chi connectivity index (χ0n) is 24.8. The summed E-state index contributed by atoms with van der Waals surface area (Å²) in [5.41, 5.74) is 8.16. The highest BCUT2D eigenvalue weighted by Gasteiger charge is 2.60. The Bertz CT molecular complexity index is 2260. The molecule has 1 aliphatic carbocycles. The van der Waals surface area contributed by atoms with Crippen molar-refractivity contribution in [1.29, 1.82) is 5.26 Å². The Morgan fingerprint density at radius 2 is 1.59 bits per heavy atom. The molecule has 0 radical (unpaired) electrons. The van der Waals surface area contributed by atoms with Crippen LogP contribution in [0, 0.1) is 11.3 Å². The molecule has 1 atom stereocenters. The number of benzene rings is 4. The van der Waals surface area contributed by atoms with E-state index in [9.17, 15) is 10.1 Å². The number of halogens is 1. The second-order valence-electron chi connectivity index (χ2n) is 11.2. The number of hydrogen-bond donors (Lipinski definition) is 0. The third kappa shape index (κ3) is 3.99. The SMILES string of the molecule is COc1ccc(-c2cc(-c3ccc(N4C(=O)CC45c4ccccc4-c4nc6ccc(Cl)cc6nc45)cc3)nc(OC)c2C#N)cc1. The van der Waals surface area contributed by atoms with E-state index in [4.69, 9.17) is 31.0 Å². The number of nitriles is 1. The van der Waals surface area contributed by atoms with Gasteiger partial charge in [-0.05, 0) is 59.7 Å². The van der Waals surface area contributed by atoms with Crippen LogP contribution in [0.5, 0.6) is 11.6 Å². The van der Waals surface area contributed by atoms with Crippen LogP contribution in [0.3, 0.4) is 0 Å².